The number of nitrogens with zero attached hydrogens (tertiary/aromatic N) is 2. The SMILES string of the molecule is CCNC(=NCCCOc1ccccc1)NCCN(CC)CC.I. The predicted octanol–water partition coefficient (Wildman–Crippen LogP) is 2.97. The Morgan fingerprint density at radius 3 is 2.42 bits per heavy atom. The summed E-state index contributed by atoms with van der Waals surface area (Å²) in [7, 11) is 0. The third-order valence-corrected chi connectivity index (χ3v) is 3.54. The molecule has 0 aliphatic heterocycles. The molecule has 0 saturated carbocycles. The van der Waals surface area contributed by atoms with Crippen molar-refractivity contribution in [2.45, 2.75) is 27.2 Å². The summed E-state index contributed by atoms with van der Waals surface area (Å²) < 4.78 is 5.67. The number of likely N-dealkylation sites (N-methyl/N-ethyl adjacent to an activating group) is 1. The van der Waals surface area contributed by atoms with Crippen molar-refractivity contribution >= 4 is 29.9 Å². The Kier molecular flexibility index (Phi) is 14.8. The van der Waals surface area contributed by atoms with E-state index in [1.54, 1.807) is 0 Å². The van der Waals surface area contributed by atoms with Gasteiger partial charge >= 0.3 is 0 Å². The van der Waals surface area contributed by atoms with Gasteiger partial charge in [0.15, 0.2) is 5.96 Å². The van der Waals surface area contributed by atoms with E-state index >= 15 is 0 Å². The molecular formula is C18H33IN4O. The van der Waals surface area contributed by atoms with Gasteiger partial charge in [-0.3, -0.25) is 4.99 Å². The zero-order chi connectivity index (χ0) is 16.8. The Labute approximate surface area is 164 Å². The second-order valence-corrected chi connectivity index (χ2v) is 5.23. The number of benzene rings is 1. The summed E-state index contributed by atoms with van der Waals surface area (Å²) in [5.74, 6) is 1.81. The van der Waals surface area contributed by atoms with E-state index in [0.717, 1.165) is 57.4 Å². The number of rotatable bonds is 11. The molecule has 0 saturated heterocycles. The van der Waals surface area contributed by atoms with Crippen LogP contribution in [0.2, 0.25) is 0 Å². The van der Waals surface area contributed by atoms with Crippen LogP contribution >= 0.6 is 24.0 Å². The number of nitrogens with one attached hydrogen (secondary N) is 2. The predicted molar refractivity (Wildman–Crippen MR) is 114 cm³/mol. The highest BCUT2D eigenvalue weighted by atomic mass is 127. The fraction of sp³-hybridized carbons (Fsp3) is 0.611. The fourth-order valence-electron chi connectivity index (χ4n) is 2.18. The Morgan fingerprint density at radius 1 is 1.08 bits per heavy atom. The van der Waals surface area contributed by atoms with Gasteiger partial charge in [0.25, 0.3) is 0 Å². The van der Waals surface area contributed by atoms with Crippen LogP contribution < -0.4 is 15.4 Å². The van der Waals surface area contributed by atoms with Crippen LogP contribution in [-0.4, -0.2) is 56.7 Å². The van der Waals surface area contributed by atoms with Gasteiger partial charge in [-0.05, 0) is 32.1 Å². The topological polar surface area (TPSA) is 48.9 Å². The fourth-order valence-corrected chi connectivity index (χ4v) is 2.18. The van der Waals surface area contributed by atoms with Crippen molar-refractivity contribution in [2.75, 3.05) is 45.9 Å². The summed E-state index contributed by atoms with van der Waals surface area (Å²) in [4.78, 5) is 6.98. The van der Waals surface area contributed by atoms with Crippen molar-refractivity contribution in [3.05, 3.63) is 30.3 Å². The summed E-state index contributed by atoms with van der Waals surface area (Å²) >= 11 is 0. The van der Waals surface area contributed by atoms with Crippen LogP contribution in [0.1, 0.15) is 27.2 Å². The van der Waals surface area contributed by atoms with Gasteiger partial charge in [0.1, 0.15) is 5.75 Å². The molecule has 0 aliphatic carbocycles. The molecule has 0 bridgehead atoms. The number of hydrogen-bond donors (Lipinski definition) is 2. The van der Waals surface area contributed by atoms with Crippen LogP contribution in [0.4, 0.5) is 0 Å². The highest BCUT2D eigenvalue weighted by molar-refractivity contribution is 14.0. The lowest BCUT2D eigenvalue weighted by Gasteiger charge is -2.19. The maximum Gasteiger partial charge on any atom is 0.191 e. The number of hydrogen-bond acceptors (Lipinski definition) is 3. The normalized spacial score (nSPS) is 11.1. The molecule has 24 heavy (non-hydrogen) atoms. The van der Waals surface area contributed by atoms with Crippen LogP contribution in [0, 0.1) is 0 Å². The van der Waals surface area contributed by atoms with Crippen LogP contribution in [-0.2, 0) is 0 Å². The molecule has 0 aliphatic rings. The summed E-state index contributed by atoms with van der Waals surface area (Å²) in [6, 6.07) is 9.90. The minimum absolute atomic E-state index is 0. The van der Waals surface area contributed by atoms with Crippen molar-refractivity contribution in [1.82, 2.24) is 15.5 Å². The zero-order valence-electron chi connectivity index (χ0n) is 15.3. The molecule has 0 amide bonds. The Hall–Kier alpha value is -1.02. The third-order valence-electron chi connectivity index (χ3n) is 3.54. The Balaban J connectivity index is 0.00000529. The molecule has 1 rings (SSSR count). The van der Waals surface area contributed by atoms with Crippen LogP contribution in [0.5, 0.6) is 5.75 Å². The molecule has 0 unspecified atom stereocenters. The van der Waals surface area contributed by atoms with Gasteiger partial charge in [0.05, 0.1) is 6.61 Å². The lowest BCUT2D eigenvalue weighted by atomic mass is 10.3. The Morgan fingerprint density at radius 2 is 1.79 bits per heavy atom. The highest BCUT2D eigenvalue weighted by Gasteiger charge is 2.00. The molecule has 0 heterocycles. The minimum Gasteiger partial charge on any atom is -0.494 e. The standard InChI is InChI=1S/C18H32N4O.HI/c1-4-19-18(21-14-15-22(5-2)6-3)20-13-10-16-23-17-11-8-7-9-12-17;/h7-9,11-12H,4-6,10,13-16H2,1-3H3,(H2,19,20,21);1H. The first-order chi connectivity index (χ1) is 11.3. The van der Waals surface area contributed by atoms with Gasteiger partial charge in [-0.25, -0.2) is 0 Å². The van der Waals surface area contributed by atoms with E-state index in [9.17, 15) is 0 Å². The average Bonchev–Trinajstić information content (AvgIpc) is 2.59. The first-order valence-corrected chi connectivity index (χ1v) is 8.72. The van der Waals surface area contributed by atoms with Crippen LogP contribution in [0.3, 0.4) is 0 Å². The lowest BCUT2D eigenvalue weighted by Crippen LogP contribution is -2.41. The molecule has 5 nitrogen and oxygen atoms in total. The Bertz CT molecular complexity index is 424. The zero-order valence-corrected chi connectivity index (χ0v) is 17.6. The van der Waals surface area contributed by atoms with Gasteiger partial charge in [-0.15, -0.1) is 24.0 Å². The van der Waals surface area contributed by atoms with Gasteiger partial charge in [-0.2, -0.15) is 0 Å². The van der Waals surface area contributed by atoms with E-state index in [2.05, 4.69) is 41.3 Å². The second-order valence-electron chi connectivity index (χ2n) is 5.23. The second kappa shape index (κ2) is 15.5. The van der Waals surface area contributed by atoms with Gasteiger partial charge in [0.2, 0.25) is 0 Å². The molecule has 0 atom stereocenters. The van der Waals surface area contributed by atoms with Gasteiger partial charge in [0, 0.05) is 32.6 Å². The molecule has 138 valence electrons. The number of guanidine groups is 1. The highest BCUT2D eigenvalue weighted by Crippen LogP contribution is 2.08. The number of para-hydroxylation sites is 1. The molecule has 0 aromatic heterocycles. The molecular weight excluding hydrogens is 415 g/mol. The van der Waals surface area contributed by atoms with Crippen molar-refractivity contribution in [1.29, 1.82) is 0 Å². The van der Waals surface area contributed by atoms with Crippen LogP contribution in [0.15, 0.2) is 35.3 Å². The van der Waals surface area contributed by atoms with Gasteiger partial charge < -0.3 is 20.3 Å². The number of aliphatic imine (C=N–C) groups is 1. The summed E-state index contributed by atoms with van der Waals surface area (Å²) in [6.07, 6.45) is 0.904. The third kappa shape index (κ3) is 10.7. The summed E-state index contributed by atoms with van der Waals surface area (Å²) in [5, 5.41) is 6.67. The summed E-state index contributed by atoms with van der Waals surface area (Å²) in [6.45, 7) is 12.9. The molecule has 1 aromatic carbocycles. The first-order valence-electron chi connectivity index (χ1n) is 8.72. The molecule has 0 spiro atoms. The maximum absolute atomic E-state index is 5.67. The van der Waals surface area contributed by atoms with E-state index in [1.165, 1.54) is 0 Å². The van der Waals surface area contributed by atoms with Crippen molar-refractivity contribution in [3.63, 3.8) is 0 Å². The largest absolute Gasteiger partial charge is 0.494 e. The van der Waals surface area contributed by atoms with Crippen molar-refractivity contribution < 1.29 is 4.74 Å². The van der Waals surface area contributed by atoms with E-state index in [-0.39, 0.29) is 24.0 Å². The quantitative estimate of drug-likeness (QED) is 0.237. The average molecular weight is 448 g/mol. The first kappa shape index (κ1) is 23.0. The molecule has 0 radical (unpaired) electrons. The molecule has 1 aromatic rings. The lowest BCUT2D eigenvalue weighted by molar-refractivity contribution is 0.307. The smallest absolute Gasteiger partial charge is 0.191 e. The molecule has 0 fully saturated rings. The number of halogens is 1. The molecule has 2 N–H and O–H groups in total. The van der Waals surface area contributed by atoms with Gasteiger partial charge in [-0.1, -0.05) is 32.0 Å². The molecule has 6 heteroatoms. The summed E-state index contributed by atoms with van der Waals surface area (Å²) in [5.41, 5.74) is 0. The monoisotopic (exact) mass is 448 g/mol. The van der Waals surface area contributed by atoms with Crippen molar-refractivity contribution in [2.24, 2.45) is 4.99 Å². The number of ether oxygens (including phenoxy) is 1. The van der Waals surface area contributed by atoms with E-state index in [0.29, 0.717) is 6.61 Å². The van der Waals surface area contributed by atoms with E-state index < -0.39 is 0 Å². The van der Waals surface area contributed by atoms with Crippen LogP contribution in [0.25, 0.3) is 0 Å². The van der Waals surface area contributed by atoms with E-state index in [1.807, 2.05) is 30.3 Å². The van der Waals surface area contributed by atoms with E-state index in [4.69, 9.17) is 4.74 Å². The van der Waals surface area contributed by atoms with Crippen molar-refractivity contribution in [3.8, 4) is 5.75 Å². The minimum atomic E-state index is 0. The maximum atomic E-state index is 5.67.